The van der Waals surface area contributed by atoms with Crippen molar-refractivity contribution >= 4 is 0 Å². The van der Waals surface area contributed by atoms with Gasteiger partial charge in [-0.15, -0.1) is 0 Å². The summed E-state index contributed by atoms with van der Waals surface area (Å²) in [6, 6.07) is 0. The summed E-state index contributed by atoms with van der Waals surface area (Å²) in [5.41, 5.74) is 3.09. The molecule has 4 rings (SSSR count). The number of fused-ring (bicyclic) bond motifs is 5. The van der Waals surface area contributed by atoms with Gasteiger partial charge < -0.3 is 0 Å². The van der Waals surface area contributed by atoms with Gasteiger partial charge in [0.25, 0.3) is 0 Å². The third kappa shape index (κ3) is 19.2. The van der Waals surface area contributed by atoms with Gasteiger partial charge in [0, 0.05) is 0 Å². The molecule has 0 aromatic rings. The minimum Gasteiger partial charge on any atom is -0.0845 e. The van der Waals surface area contributed by atoms with E-state index in [-0.39, 0.29) is 0 Å². The number of hydrogen-bond acceptors (Lipinski definition) is 0. The van der Waals surface area contributed by atoms with Gasteiger partial charge in [0.05, 0.1) is 0 Å². The van der Waals surface area contributed by atoms with Gasteiger partial charge in [-0.05, 0) is 104 Å². The summed E-state index contributed by atoms with van der Waals surface area (Å²) in [5, 5.41) is 0. The van der Waals surface area contributed by atoms with Crippen molar-refractivity contribution in [3.8, 4) is 0 Å². The van der Waals surface area contributed by atoms with Crippen molar-refractivity contribution in [2.24, 2.45) is 52.3 Å². The fourth-order valence-electron chi connectivity index (χ4n) is 14.8. The minimum absolute atomic E-state index is 0.534. The maximum Gasteiger partial charge on any atom is -0.00851 e. The highest BCUT2D eigenvalue weighted by atomic mass is 14.6. The van der Waals surface area contributed by atoms with Crippen LogP contribution in [-0.4, -0.2) is 0 Å². The summed E-state index contributed by atoms with van der Waals surface area (Å²) >= 11 is 0. The Hall–Kier alpha value is -0.260. The zero-order valence-corrected chi connectivity index (χ0v) is 43.2. The normalized spacial score (nSPS) is 27.9. The van der Waals surface area contributed by atoms with Crippen molar-refractivity contribution in [2.75, 3.05) is 0 Å². The minimum atomic E-state index is 0.534. The Bertz CT molecular complexity index is 1080. The zero-order valence-electron chi connectivity index (χ0n) is 43.2. The number of unbranched alkanes of at least 4 members (excludes halogenated alkanes) is 31. The van der Waals surface area contributed by atoms with Gasteiger partial charge in [-0.2, -0.15) is 0 Å². The predicted octanol–water partition coefficient (Wildman–Crippen LogP) is 21.5. The SMILES string of the molecule is CCCCCCCCCCCCCCCCCCCCCCCCCCCCCCCCCCC1CC[C@@]2(C)C(=CCC3C2CC[C@@]2(C)C3CC[C@@H]2[C@H](C)CCCC(C)C)C1. The largest absolute Gasteiger partial charge is 0.0845 e. The lowest BCUT2D eigenvalue weighted by Gasteiger charge is -2.58. The molecule has 358 valence electrons. The van der Waals surface area contributed by atoms with Crippen LogP contribution in [0.5, 0.6) is 0 Å². The molecule has 4 unspecified atom stereocenters. The van der Waals surface area contributed by atoms with Crippen LogP contribution >= 0.6 is 0 Å². The Morgan fingerprint density at radius 2 is 0.918 bits per heavy atom. The van der Waals surface area contributed by atoms with E-state index in [1.807, 2.05) is 5.57 Å². The van der Waals surface area contributed by atoms with E-state index in [0.717, 1.165) is 41.4 Å². The van der Waals surface area contributed by atoms with Crippen LogP contribution in [0.2, 0.25) is 0 Å². The van der Waals surface area contributed by atoms with E-state index in [1.54, 1.807) is 6.42 Å². The van der Waals surface area contributed by atoms with Crippen LogP contribution in [-0.2, 0) is 0 Å². The average Bonchev–Trinajstić information content (AvgIpc) is 3.61. The number of hydrogen-bond donors (Lipinski definition) is 0. The van der Waals surface area contributed by atoms with Crippen LogP contribution in [0.1, 0.15) is 324 Å². The molecular weight excluding hydrogens is 733 g/mol. The molecule has 0 heteroatoms. The molecule has 0 saturated heterocycles. The highest BCUT2D eigenvalue weighted by Crippen LogP contribution is 2.67. The first-order valence-corrected chi connectivity index (χ1v) is 29.5. The van der Waals surface area contributed by atoms with Crippen molar-refractivity contribution in [2.45, 2.75) is 324 Å². The summed E-state index contributed by atoms with van der Waals surface area (Å²) in [6.07, 6.45) is 68.4. The maximum absolute atomic E-state index is 2.85. The number of allylic oxidation sites excluding steroid dienone is 2. The van der Waals surface area contributed by atoms with Crippen molar-refractivity contribution < 1.29 is 0 Å². The summed E-state index contributed by atoms with van der Waals surface area (Å²) < 4.78 is 0. The Kier molecular flexibility index (Phi) is 27.7. The second kappa shape index (κ2) is 31.6. The Labute approximate surface area is 386 Å². The van der Waals surface area contributed by atoms with E-state index >= 15 is 0 Å². The third-order valence-electron chi connectivity index (χ3n) is 18.9. The van der Waals surface area contributed by atoms with Crippen LogP contribution in [0.4, 0.5) is 0 Å². The summed E-state index contributed by atoms with van der Waals surface area (Å²) in [6.45, 7) is 15.3. The molecule has 0 aromatic heterocycles. The maximum atomic E-state index is 2.85. The molecule has 0 nitrogen and oxygen atoms in total. The first-order valence-electron chi connectivity index (χ1n) is 29.5. The number of rotatable bonds is 38. The first kappa shape index (κ1) is 53.4. The molecule has 0 amide bonds. The molecule has 0 heterocycles. The molecule has 8 atom stereocenters. The summed E-state index contributed by atoms with van der Waals surface area (Å²) in [7, 11) is 0. The van der Waals surface area contributed by atoms with Crippen molar-refractivity contribution in [1.29, 1.82) is 0 Å². The van der Waals surface area contributed by atoms with Crippen LogP contribution in [0.25, 0.3) is 0 Å². The van der Waals surface area contributed by atoms with Gasteiger partial charge in [0.15, 0.2) is 0 Å². The zero-order chi connectivity index (χ0) is 43.4. The molecule has 3 saturated carbocycles. The third-order valence-corrected chi connectivity index (χ3v) is 18.9. The van der Waals surface area contributed by atoms with Gasteiger partial charge in [-0.1, -0.05) is 284 Å². The fraction of sp³-hybridized carbons (Fsp3) is 0.967. The average molecular weight is 848 g/mol. The van der Waals surface area contributed by atoms with E-state index in [0.29, 0.717) is 10.8 Å². The molecule has 0 spiro atoms. The molecule has 0 N–H and O–H groups in total. The van der Waals surface area contributed by atoms with E-state index in [1.165, 1.54) is 276 Å². The lowest BCUT2D eigenvalue weighted by atomic mass is 9.46. The highest BCUT2D eigenvalue weighted by molar-refractivity contribution is 5.25. The fourth-order valence-corrected chi connectivity index (χ4v) is 14.8. The first-order chi connectivity index (χ1) is 29.8. The lowest BCUT2D eigenvalue weighted by Crippen LogP contribution is -2.50. The van der Waals surface area contributed by atoms with E-state index in [2.05, 4.69) is 47.6 Å². The monoisotopic (exact) mass is 847 g/mol. The Morgan fingerprint density at radius 3 is 1.36 bits per heavy atom. The van der Waals surface area contributed by atoms with E-state index < -0.39 is 0 Å². The molecule has 0 aliphatic heterocycles. The summed E-state index contributed by atoms with van der Waals surface area (Å²) in [5.74, 6) is 6.75. The molecule has 61 heavy (non-hydrogen) atoms. The van der Waals surface area contributed by atoms with Crippen LogP contribution in [0, 0.1) is 52.3 Å². The van der Waals surface area contributed by atoms with Gasteiger partial charge in [0.1, 0.15) is 0 Å². The van der Waals surface area contributed by atoms with Crippen LogP contribution in [0.3, 0.4) is 0 Å². The van der Waals surface area contributed by atoms with Gasteiger partial charge in [-0.25, -0.2) is 0 Å². The second-order valence-electron chi connectivity index (χ2n) is 24.1. The lowest BCUT2D eigenvalue weighted by molar-refractivity contribution is -0.0529. The van der Waals surface area contributed by atoms with Crippen molar-refractivity contribution in [3.63, 3.8) is 0 Å². The molecule has 0 bridgehead atoms. The van der Waals surface area contributed by atoms with Crippen molar-refractivity contribution in [3.05, 3.63) is 11.6 Å². The Morgan fingerprint density at radius 1 is 0.475 bits per heavy atom. The molecule has 0 aromatic carbocycles. The van der Waals surface area contributed by atoms with Gasteiger partial charge in [-0.3, -0.25) is 0 Å². The van der Waals surface area contributed by atoms with Gasteiger partial charge in [0.2, 0.25) is 0 Å². The molecule has 4 aliphatic carbocycles. The van der Waals surface area contributed by atoms with Crippen LogP contribution in [0.15, 0.2) is 11.6 Å². The van der Waals surface area contributed by atoms with E-state index in [9.17, 15) is 0 Å². The molecule has 4 aliphatic rings. The van der Waals surface area contributed by atoms with Gasteiger partial charge >= 0.3 is 0 Å². The van der Waals surface area contributed by atoms with Crippen LogP contribution < -0.4 is 0 Å². The molecule has 0 radical (unpaired) electrons. The molecular formula is C61H114. The smallest absolute Gasteiger partial charge is 0.00851 e. The summed E-state index contributed by atoms with van der Waals surface area (Å²) in [4.78, 5) is 0. The quantitative estimate of drug-likeness (QED) is 0.0429. The van der Waals surface area contributed by atoms with Crippen molar-refractivity contribution in [1.82, 2.24) is 0 Å². The standard InChI is InChI=1S/C61H114/c1-7-8-9-10-11-12-13-14-15-16-17-18-19-20-21-22-23-24-25-26-27-28-29-30-31-32-33-34-35-36-37-38-42-54-47-49-60(5)55(51-54)43-44-56-58-46-45-57(53(4)41-39-40-52(2)3)61(58,6)50-48-59(56)60/h43,52-54,56-59H,7-42,44-51H2,1-6H3/t53-,54?,56?,57-,58?,59?,60+,61-/m1/s1. The Balaban J connectivity index is 0.882. The topological polar surface area (TPSA) is 0 Å². The predicted molar refractivity (Wildman–Crippen MR) is 275 cm³/mol. The molecule has 3 fully saturated rings. The second-order valence-corrected chi connectivity index (χ2v) is 24.1. The van der Waals surface area contributed by atoms with E-state index in [4.69, 9.17) is 0 Å². The highest BCUT2D eigenvalue weighted by Gasteiger charge is 2.59.